The summed E-state index contributed by atoms with van der Waals surface area (Å²) in [6.45, 7) is 8.84. The number of hydrogen-bond acceptors (Lipinski definition) is 7. The average Bonchev–Trinajstić information content (AvgIpc) is 3.08. The van der Waals surface area contributed by atoms with E-state index in [1.807, 2.05) is 0 Å². The first-order chi connectivity index (χ1) is 25.0. The van der Waals surface area contributed by atoms with E-state index in [9.17, 15) is 19.0 Å². The zero-order valence-electron chi connectivity index (χ0n) is 34.9. The van der Waals surface area contributed by atoms with Crippen LogP contribution in [0.1, 0.15) is 240 Å². The summed E-state index contributed by atoms with van der Waals surface area (Å²) in [7, 11) is -4.39. The zero-order chi connectivity index (χ0) is 38.6. The van der Waals surface area contributed by atoms with Crippen molar-refractivity contribution in [3.63, 3.8) is 0 Å². The second-order valence-corrected chi connectivity index (χ2v) is 17.5. The lowest BCUT2D eigenvalue weighted by molar-refractivity contribution is -0.161. The topological polar surface area (TPSA) is 108 Å². The Morgan fingerprint density at radius 3 is 1.13 bits per heavy atom. The van der Waals surface area contributed by atoms with Crippen LogP contribution in [0, 0.1) is 0 Å². The van der Waals surface area contributed by atoms with Crippen LogP contribution in [-0.2, 0) is 32.7 Å². The van der Waals surface area contributed by atoms with Gasteiger partial charge in [-0.25, -0.2) is 4.57 Å². The maximum Gasteiger partial charge on any atom is 0.472 e. The molecule has 2 atom stereocenters. The molecule has 0 aromatic carbocycles. The minimum atomic E-state index is -4.39. The predicted octanol–water partition coefficient (Wildman–Crippen LogP) is 13.9. The molecule has 0 aromatic rings. The lowest BCUT2D eigenvalue weighted by Crippen LogP contribution is -2.30. The number of carbonyl (C=O) groups is 2. The Labute approximate surface area is 321 Å². The van der Waals surface area contributed by atoms with E-state index in [4.69, 9.17) is 18.5 Å². The molecule has 52 heavy (non-hydrogen) atoms. The molecule has 0 aliphatic rings. The molecule has 0 radical (unpaired) electrons. The zero-order valence-corrected chi connectivity index (χ0v) is 35.8. The molecule has 0 saturated carbocycles. The van der Waals surface area contributed by atoms with Crippen LogP contribution in [0.5, 0.6) is 0 Å². The molecular weight excluding hydrogens is 675 g/mol. The molecule has 8 nitrogen and oxygen atoms in total. The quantitative estimate of drug-likeness (QED) is 0.0375. The van der Waals surface area contributed by atoms with Gasteiger partial charge in [0.2, 0.25) is 0 Å². The number of hydrogen-bond donors (Lipinski definition) is 1. The van der Waals surface area contributed by atoms with Gasteiger partial charge in [0.25, 0.3) is 0 Å². The van der Waals surface area contributed by atoms with Crippen molar-refractivity contribution in [2.24, 2.45) is 0 Å². The van der Waals surface area contributed by atoms with Crippen molar-refractivity contribution in [1.82, 2.24) is 0 Å². The van der Waals surface area contributed by atoms with E-state index >= 15 is 0 Å². The molecule has 9 heteroatoms. The molecule has 0 heterocycles. The van der Waals surface area contributed by atoms with Gasteiger partial charge in [0, 0.05) is 12.8 Å². The van der Waals surface area contributed by atoms with Crippen molar-refractivity contribution in [3.8, 4) is 0 Å². The predicted molar refractivity (Wildman–Crippen MR) is 217 cm³/mol. The largest absolute Gasteiger partial charge is 0.472 e. The fourth-order valence-electron chi connectivity index (χ4n) is 6.45. The first-order valence-corrected chi connectivity index (χ1v) is 23.5. The molecule has 1 N–H and O–H groups in total. The molecule has 0 saturated heterocycles. The van der Waals surface area contributed by atoms with E-state index in [1.54, 1.807) is 20.8 Å². The fourth-order valence-corrected chi connectivity index (χ4v) is 7.55. The van der Waals surface area contributed by atoms with E-state index < -0.39 is 32.1 Å². The Hall–Kier alpha value is -0.950. The summed E-state index contributed by atoms with van der Waals surface area (Å²) in [5.41, 5.74) is -0.899. The average molecular weight is 761 g/mol. The van der Waals surface area contributed by atoms with Crippen molar-refractivity contribution in [3.05, 3.63) is 0 Å². The SMILES string of the molecule is CCCCCCCCCCCCCCCCCC(=O)OCC(COP(=O)(O)OC(C)(C)C)OC(=O)CCCCCCCCCCCCCCCCC. The molecule has 310 valence electrons. The van der Waals surface area contributed by atoms with Crippen LogP contribution in [0.15, 0.2) is 0 Å². The Balaban J connectivity index is 4.20. The number of phosphoric ester groups is 1. The third kappa shape index (κ3) is 38.8. The third-order valence-electron chi connectivity index (χ3n) is 9.51. The van der Waals surface area contributed by atoms with Gasteiger partial charge in [0.05, 0.1) is 12.2 Å². The summed E-state index contributed by atoms with van der Waals surface area (Å²) < 4.78 is 33.7. The number of rotatable bonds is 39. The normalized spacial score (nSPS) is 13.6. The highest BCUT2D eigenvalue weighted by atomic mass is 31.2. The molecule has 0 aliphatic heterocycles. The molecule has 0 aromatic heterocycles. The first-order valence-electron chi connectivity index (χ1n) is 22.0. The number of phosphoric acid groups is 1. The van der Waals surface area contributed by atoms with E-state index in [1.165, 1.54) is 154 Å². The molecule has 0 fully saturated rings. The Morgan fingerprint density at radius 2 is 0.808 bits per heavy atom. The second-order valence-electron chi connectivity index (χ2n) is 16.2. The minimum Gasteiger partial charge on any atom is -0.462 e. The van der Waals surface area contributed by atoms with Gasteiger partial charge in [-0.1, -0.05) is 194 Å². The number of esters is 2. The Kier molecular flexibility index (Phi) is 35.1. The van der Waals surface area contributed by atoms with E-state index in [2.05, 4.69) is 13.8 Å². The molecule has 2 unspecified atom stereocenters. The molecule has 0 rings (SSSR count). The lowest BCUT2D eigenvalue weighted by atomic mass is 10.0. The smallest absolute Gasteiger partial charge is 0.462 e. The summed E-state index contributed by atoms with van der Waals surface area (Å²) in [5.74, 6) is -0.789. The summed E-state index contributed by atoms with van der Waals surface area (Å²) >= 11 is 0. The van der Waals surface area contributed by atoms with Crippen LogP contribution < -0.4 is 0 Å². The standard InChI is InChI=1S/C43H85O8P/c1-6-8-10-12-14-16-18-20-22-24-26-28-30-32-34-36-41(44)48-38-40(39-49-52(46,47)51-43(3,4)5)50-42(45)37-35-33-31-29-27-25-23-21-19-17-15-13-11-9-7-2/h40H,6-39H2,1-5H3,(H,46,47). The van der Waals surface area contributed by atoms with Gasteiger partial charge >= 0.3 is 19.8 Å². The summed E-state index contributed by atoms with van der Waals surface area (Å²) in [4.78, 5) is 35.2. The van der Waals surface area contributed by atoms with Gasteiger partial charge in [-0.15, -0.1) is 0 Å². The maximum absolute atomic E-state index is 12.6. The van der Waals surface area contributed by atoms with Gasteiger partial charge in [-0.05, 0) is 33.6 Å². The first kappa shape index (κ1) is 51.0. The highest BCUT2D eigenvalue weighted by Gasteiger charge is 2.31. The van der Waals surface area contributed by atoms with Crippen molar-refractivity contribution in [2.75, 3.05) is 13.2 Å². The van der Waals surface area contributed by atoms with Crippen LogP contribution in [0.2, 0.25) is 0 Å². The lowest BCUT2D eigenvalue weighted by Gasteiger charge is -2.24. The Morgan fingerprint density at radius 1 is 0.500 bits per heavy atom. The molecule has 0 amide bonds. The van der Waals surface area contributed by atoms with Gasteiger partial charge in [0.15, 0.2) is 6.10 Å². The summed E-state index contributed by atoms with van der Waals surface area (Å²) in [6.07, 6.45) is 37.1. The molecule has 0 aliphatic carbocycles. The fraction of sp³-hybridized carbons (Fsp3) is 0.953. The van der Waals surface area contributed by atoms with Crippen molar-refractivity contribution < 1.29 is 37.6 Å². The maximum atomic E-state index is 12.6. The molecule has 0 spiro atoms. The van der Waals surface area contributed by atoms with Crippen LogP contribution in [0.3, 0.4) is 0 Å². The van der Waals surface area contributed by atoms with Crippen LogP contribution in [0.4, 0.5) is 0 Å². The summed E-state index contributed by atoms with van der Waals surface area (Å²) in [5, 5.41) is 0. The van der Waals surface area contributed by atoms with E-state index in [-0.39, 0.29) is 19.0 Å². The van der Waals surface area contributed by atoms with Crippen molar-refractivity contribution >= 4 is 19.8 Å². The third-order valence-corrected chi connectivity index (χ3v) is 10.8. The van der Waals surface area contributed by atoms with Crippen molar-refractivity contribution in [2.45, 2.75) is 252 Å². The van der Waals surface area contributed by atoms with Crippen LogP contribution in [0.25, 0.3) is 0 Å². The van der Waals surface area contributed by atoms with Crippen LogP contribution >= 0.6 is 7.82 Å². The van der Waals surface area contributed by atoms with E-state index in [0.717, 1.165) is 38.5 Å². The number of unbranched alkanes of at least 4 members (excludes halogenated alkanes) is 28. The molecule has 0 bridgehead atoms. The Bertz CT molecular complexity index is 859. The summed E-state index contributed by atoms with van der Waals surface area (Å²) in [6, 6.07) is 0. The van der Waals surface area contributed by atoms with E-state index in [0.29, 0.717) is 6.42 Å². The van der Waals surface area contributed by atoms with Gasteiger partial charge in [-0.3, -0.25) is 18.6 Å². The second kappa shape index (κ2) is 35.7. The van der Waals surface area contributed by atoms with Gasteiger partial charge < -0.3 is 14.4 Å². The van der Waals surface area contributed by atoms with Gasteiger partial charge in [-0.2, -0.15) is 0 Å². The van der Waals surface area contributed by atoms with Crippen molar-refractivity contribution in [1.29, 1.82) is 0 Å². The highest BCUT2D eigenvalue weighted by Crippen LogP contribution is 2.47. The highest BCUT2D eigenvalue weighted by molar-refractivity contribution is 7.47. The minimum absolute atomic E-state index is 0.225. The number of carbonyl (C=O) groups excluding carboxylic acids is 2. The monoisotopic (exact) mass is 761 g/mol. The van der Waals surface area contributed by atoms with Gasteiger partial charge in [0.1, 0.15) is 6.61 Å². The molecular formula is C43H85O8P. The van der Waals surface area contributed by atoms with Crippen LogP contribution in [-0.4, -0.2) is 41.8 Å². The number of ether oxygens (including phenoxy) is 2.